The summed E-state index contributed by atoms with van der Waals surface area (Å²) in [7, 11) is 5.73. The molecule has 2 aromatic heterocycles. The third-order valence-electron chi connectivity index (χ3n) is 9.10. The quantitative estimate of drug-likeness (QED) is 0.212. The Hall–Kier alpha value is -4.44. The van der Waals surface area contributed by atoms with Crippen molar-refractivity contribution in [3.8, 4) is 17.1 Å². The fourth-order valence-corrected chi connectivity index (χ4v) is 6.56. The molecule has 0 spiro atoms. The molecule has 2 aromatic carbocycles. The van der Waals surface area contributed by atoms with Gasteiger partial charge in [-0.05, 0) is 93.9 Å². The van der Waals surface area contributed by atoms with Crippen molar-refractivity contribution >= 4 is 28.9 Å². The number of benzene rings is 2. The number of hydrogen-bond donors (Lipinski definition) is 3. The van der Waals surface area contributed by atoms with Crippen LogP contribution in [-0.2, 0) is 32.7 Å². The minimum Gasteiger partial charge on any atom is -0.494 e. The van der Waals surface area contributed by atoms with Crippen molar-refractivity contribution in [1.29, 1.82) is 0 Å². The number of carbonyl (C=O) groups excluding carboxylic acids is 1. The smallest absolute Gasteiger partial charge is 0.276 e. The van der Waals surface area contributed by atoms with E-state index in [4.69, 9.17) is 14.8 Å². The van der Waals surface area contributed by atoms with Crippen molar-refractivity contribution in [3.63, 3.8) is 0 Å². The highest BCUT2D eigenvalue weighted by molar-refractivity contribution is 6.05. The number of fused-ring (bicyclic) bond motifs is 3. The van der Waals surface area contributed by atoms with Crippen LogP contribution in [0.4, 0.5) is 23.0 Å². The maximum atomic E-state index is 13.8. The second-order valence-corrected chi connectivity index (χ2v) is 12.1. The normalized spacial score (nSPS) is 15.1. The van der Waals surface area contributed by atoms with Gasteiger partial charge in [0.2, 0.25) is 5.95 Å². The molecular weight excluding hydrogens is 564 g/mol. The number of carbonyl (C=O) groups is 1. The predicted octanol–water partition coefficient (Wildman–Crippen LogP) is 6.00. The van der Waals surface area contributed by atoms with E-state index < -0.39 is 0 Å². The number of aryl methyl sites for hydroxylation is 4. The Kier molecular flexibility index (Phi) is 9.02. The van der Waals surface area contributed by atoms with Gasteiger partial charge in [0.05, 0.1) is 24.2 Å². The lowest BCUT2D eigenvalue weighted by molar-refractivity contribution is 0.102. The average Bonchev–Trinajstić information content (AvgIpc) is 3.26. The van der Waals surface area contributed by atoms with Crippen molar-refractivity contribution < 1.29 is 9.53 Å². The Balaban J connectivity index is 1.27. The number of methoxy groups -OCH3 is 1. The van der Waals surface area contributed by atoms with Gasteiger partial charge in [-0.1, -0.05) is 32.0 Å². The second kappa shape index (κ2) is 13.3. The summed E-state index contributed by atoms with van der Waals surface area (Å²) in [5.41, 5.74) is 9.06. The summed E-state index contributed by atoms with van der Waals surface area (Å²) in [6.07, 6.45) is 8.25. The Morgan fingerprint density at radius 1 is 1.04 bits per heavy atom. The van der Waals surface area contributed by atoms with Crippen LogP contribution in [0, 0.1) is 0 Å². The molecule has 1 fully saturated rings. The molecule has 0 radical (unpaired) electrons. The number of ether oxygens (including phenoxy) is 1. The first-order valence-electron chi connectivity index (χ1n) is 16.1. The number of amides is 1. The van der Waals surface area contributed by atoms with Gasteiger partial charge in [-0.25, -0.2) is 9.97 Å². The predicted molar refractivity (Wildman–Crippen MR) is 180 cm³/mol. The van der Waals surface area contributed by atoms with E-state index in [1.54, 1.807) is 11.8 Å². The van der Waals surface area contributed by atoms with Crippen molar-refractivity contribution in [2.45, 2.75) is 64.8 Å². The first-order valence-corrected chi connectivity index (χ1v) is 16.1. The number of hydrogen-bond acceptors (Lipinski definition) is 8. The van der Waals surface area contributed by atoms with Gasteiger partial charge >= 0.3 is 0 Å². The lowest BCUT2D eigenvalue weighted by atomic mass is 10.0. The van der Waals surface area contributed by atoms with Crippen LogP contribution in [0.25, 0.3) is 11.4 Å². The molecule has 0 bridgehead atoms. The van der Waals surface area contributed by atoms with Gasteiger partial charge in [0.15, 0.2) is 5.69 Å². The first kappa shape index (κ1) is 30.6. The van der Waals surface area contributed by atoms with E-state index in [2.05, 4.69) is 71.0 Å². The highest BCUT2D eigenvalue weighted by atomic mass is 16.5. The molecule has 1 saturated heterocycles. The van der Waals surface area contributed by atoms with Crippen molar-refractivity contribution in [2.24, 2.45) is 7.05 Å². The Morgan fingerprint density at radius 2 is 1.80 bits per heavy atom. The summed E-state index contributed by atoms with van der Waals surface area (Å²) in [4.78, 5) is 25.8. The molecule has 3 N–H and O–H groups in total. The van der Waals surface area contributed by atoms with E-state index in [1.807, 2.05) is 25.4 Å². The van der Waals surface area contributed by atoms with Crippen molar-refractivity contribution in [1.82, 2.24) is 24.6 Å². The molecular formula is C35H44N8O2. The highest BCUT2D eigenvalue weighted by Crippen LogP contribution is 2.36. The number of nitrogens with one attached hydrogen (secondary N) is 3. The molecule has 3 heterocycles. The van der Waals surface area contributed by atoms with Gasteiger partial charge in [-0.3, -0.25) is 9.48 Å². The number of likely N-dealkylation sites (tertiary alicyclic amines) is 1. The van der Waals surface area contributed by atoms with Crippen LogP contribution in [0.1, 0.15) is 65.9 Å². The van der Waals surface area contributed by atoms with Crippen LogP contribution < -0.4 is 20.7 Å². The summed E-state index contributed by atoms with van der Waals surface area (Å²) in [5, 5.41) is 15.0. The molecule has 10 heteroatoms. The molecule has 236 valence electrons. The van der Waals surface area contributed by atoms with Gasteiger partial charge in [-0.15, -0.1) is 0 Å². The average molecular weight is 609 g/mol. The molecule has 0 unspecified atom stereocenters. The van der Waals surface area contributed by atoms with Crippen LogP contribution in [0.15, 0.2) is 42.6 Å². The Bertz CT molecular complexity index is 1670. The molecule has 45 heavy (non-hydrogen) atoms. The van der Waals surface area contributed by atoms with Crippen LogP contribution in [0.3, 0.4) is 0 Å². The van der Waals surface area contributed by atoms with Gasteiger partial charge in [-0.2, -0.15) is 5.10 Å². The summed E-state index contributed by atoms with van der Waals surface area (Å²) < 4.78 is 7.55. The second-order valence-electron chi connectivity index (χ2n) is 12.1. The van der Waals surface area contributed by atoms with Gasteiger partial charge in [0.25, 0.3) is 5.91 Å². The summed E-state index contributed by atoms with van der Waals surface area (Å²) in [6.45, 7) is 6.41. The van der Waals surface area contributed by atoms with E-state index in [0.717, 1.165) is 109 Å². The number of para-hydroxylation sites is 1. The number of rotatable bonds is 9. The minimum atomic E-state index is -0.183. The monoisotopic (exact) mass is 608 g/mol. The maximum Gasteiger partial charge on any atom is 0.276 e. The molecule has 2 aliphatic rings. The summed E-state index contributed by atoms with van der Waals surface area (Å²) in [5.74, 6) is 0.995. The van der Waals surface area contributed by atoms with Crippen molar-refractivity contribution in [2.75, 3.05) is 43.2 Å². The van der Waals surface area contributed by atoms with Crippen LogP contribution in [-0.4, -0.2) is 63.8 Å². The summed E-state index contributed by atoms with van der Waals surface area (Å²) in [6, 6.07) is 12.7. The third-order valence-corrected chi connectivity index (χ3v) is 9.10. The molecule has 1 amide bonds. The standard InChI is InChI=1S/C35H44N8O2/c1-6-22-10-8-11-23(7-2)30(22)39-34(44)32-27-13-9-12-24-21-36-35(40-31(24)33(27)43(4)41-32)38-28-15-14-26(20-29(28)45-5)37-25-16-18-42(3)19-17-25/h8,10-11,14-15,20-21,25,37H,6-7,9,12-13,16-19H2,1-5H3,(H,39,44)(H,36,38,40). The van der Waals surface area contributed by atoms with E-state index in [-0.39, 0.29) is 5.91 Å². The topological polar surface area (TPSA) is 109 Å². The first-order chi connectivity index (χ1) is 21.9. The molecule has 6 rings (SSSR count). The zero-order valence-corrected chi connectivity index (χ0v) is 27.0. The largest absolute Gasteiger partial charge is 0.494 e. The Morgan fingerprint density at radius 3 is 2.51 bits per heavy atom. The molecule has 4 aromatic rings. The fraction of sp³-hybridized carbons (Fsp3) is 0.429. The third kappa shape index (κ3) is 6.38. The summed E-state index contributed by atoms with van der Waals surface area (Å²) >= 11 is 0. The van der Waals surface area contributed by atoms with E-state index in [9.17, 15) is 4.79 Å². The minimum absolute atomic E-state index is 0.183. The lowest BCUT2D eigenvalue weighted by Gasteiger charge is -2.30. The van der Waals surface area contributed by atoms with Gasteiger partial charge < -0.3 is 25.6 Å². The van der Waals surface area contributed by atoms with Crippen LogP contribution in [0.2, 0.25) is 0 Å². The molecule has 0 saturated carbocycles. The number of piperidine rings is 1. The number of anilines is 4. The van der Waals surface area contributed by atoms with Gasteiger partial charge in [0.1, 0.15) is 5.75 Å². The zero-order chi connectivity index (χ0) is 31.5. The van der Waals surface area contributed by atoms with E-state index in [0.29, 0.717) is 23.4 Å². The maximum absolute atomic E-state index is 13.8. The van der Waals surface area contributed by atoms with E-state index >= 15 is 0 Å². The Labute approximate surface area is 265 Å². The highest BCUT2D eigenvalue weighted by Gasteiger charge is 2.28. The molecule has 0 atom stereocenters. The molecule has 10 nitrogen and oxygen atoms in total. The van der Waals surface area contributed by atoms with Crippen LogP contribution >= 0.6 is 0 Å². The zero-order valence-electron chi connectivity index (χ0n) is 27.0. The van der Waals surface area contributed by atoms with Crippen LogP contribution in [0.5, 0.6) is 5.75 Å². The fourth-order valence-electron chi connectivity index (χ4n) is 6.56. The van der Waals surface area contributed by atoms with E-state index in [1.165, 1.54) is 0 Å². The van der Waals surface area contributed by atoms with Gasteiger partial charge in [0, 0.05) is 42.3 Å². The molecule has 1 aliphatic heterocycles. The SMILES string of the molecule is CCc1cccc(CC)c1NC(=O)c1nn(C)c2c1CCCc1cnc(Nc3ccc(NC4CCN(C)CC4)cc3OC)nc1-2. The van der Waals surface area contributed by atoms with Crippen molar-refractivity contribution in [3.05, 3.63) is 70.5 Å². The molecule has 1 aliphatic carbocycles. The number of aromatic nitrogens is 4. The lowest BCUT2D eigenvalue weighted by Crippen LogP contribution is -2.36. The number of nitrogens with zero attached hydrogens (tertiary/aromatic N) is 5.